The fourth-order valence-corrected chi connectivity index (χ4v) is 3.59. The van der Waals surface area contributed by atoms with Gasteiger partial charge in [-0.3, -0.25) is 4.79 Å². The minimum absolute atomic E-state index is 0.219. The summed E-state index contributed by atoms with van der Waals surface area (Å²) < 4.78 is 5.87. The van der Waals surface area contributed by atoms with E-state index >= 15 is 0 Å². The molecule has 0 aromatic heterocycles. The summed E-state index contributed by atoms with van der Waals surface area (Å²) in [6.07, 6.45) is 5.86. The molecule has 3 atom stereocenters. The zero-order chi connectivity index (χ0) is 19.4. The highest BCUT2D eigenvalue weighted by Crippen LogP contribution is 2.29. The van der Waals surface area contributed by atoms with Gasteiger partial charge in [0.2, 0.25) is 0 Å². The number of rotatable bonds is 5. The summed E-state index contributed by atoms with van der Waals surface area (Å²) in [5.41, 5.74) is 2.41. The number of hydrogen-bond donors (Lipinski definition) is 1. The molecule has 0 saturated carbocycles. The van der Waals surface area contributed by atoms with Crippen molar-refractivity contribution >= 4 is 34.8 Å². The van der Waals surface area contributed by atoms with Crippen molar-refractivity contribution in [2.45, 2.75) is 32.8 Å². The molecule has 1 aliphatic rings. The average Bonchev–Trinajstić information content (AvgIpc) is 2.67. The maximum atomic E-state index is 12.3. The molecule has 2 aromatic rings. The first kappa shape index (κ1) is 20.2. The number of anilines is 1. The van der Waals surface area contributed by atoms with Gasteiger partial charge in [0, 0.05) is 11.3 Å². The number of amides is 1. The van der Waals surface area contributed by atoms with Crippen LogP contribution in [-0.4, -0.2) is 18.6 Å². The monoisotopic (exact) mass is 403 g/mol. The maximum absolute atomic E-state index is 12.3. The van der Waals surface area contributed by atoms with Crippen LogP contribution >= 0.6 is 23.2 Å². The van der Waals surface area contributed by atoms with Crippen molar-refractivity contribution in [3.63, 3.8) is 0 Å². The van der Waals surface area contributed by atoms with Gasteiger partial charge >= 0.3 is 0 Å². The van der Waals surface area contributed by atoms with Gasteiger partial charge in [0.15, 0.2) is 0 Å². The van der Waals surface area contributed by atoms with Gasteiger partial charge in [0.25, 0.3) is 5.91 Å². The third-order valence-electron chi connectivity index (χ3n) is 4.89. The molecule has 1 heterocycles. The second-order valence-electron chi connectivity index (χ2n) is 6.90. The highest BCUT2D eigenvalue weighted by molar-refractivity contribution is 6.42. The molecule has 1 fully saturated rings. The largest absolute Gasteiger partial charge is 0.378 e. The number of carbonyl (C=O) groups is 1. The van der Waals surface area contributed by atoms with Crippen LogP contribution in [0.15, 0.2) is 42.5 Å². The number of hydrogen-bond acceptors (Lipinski definition) is 2. The molecular formula is C22H23Cl2NO2. The highest BCUT2D eigenvalue weighted by Gasteiger charge is 2.27. The molecule has 3 unspecified atom stereocenters. The van der Waals surface area contributed by atoms with E-state index in [0.717, 1.165) is 18.5 Å². The Balaban J connectivity index is 1.58. The molecule has 0 bridgehead atoms. The first-order chi connectivity index (χ1) is 13.0. The van der Waals surface area contributed by atoms with E-state index < -0.39 is 0 Å². The first-order valence-corrected chi connectivity index (χ1v) is 9.95. The summed E-state index contributed by atoms with van der Waals surface area (Å²) >= 11 is 11.9. The topological polar surface area (TPSA) is 38.3 Å². The van der Waals surface area contributed by atoms with Gasteiger partial charge in [0.05, 0.1) is 22.8 Å². The fourth-order valence-electron chi connectivity index (χ4n) is 3.29. The Kier molecular flexibility index (Phi) is 6.80. The van der Waals surface area contributed by atoms with Crippen LogP contribution in [0.1, 0.15) is 36.2 Å². The van der Waals surface area contributed by atoms with Gasteiger partial charge in [-0.2, -0.15) is 0 Å². The smallest absolute Gasteiger partial charge is 0.255 e. The van der Waals surface area contributed by atoms with Gasteiger partial charge in [-0.15, -0.1) is 0 Å². The molecule has 3 nitrogen and oxygen atoms in total. The third kappa shape index (κ3) is 5.25. The zero-order valence-corrected chi connectivity index (χ0v) is 17.0. The number of carbonyl (C=O) groups excluding carboxylic acids is 1. The normalized spacial score (nSPS) is 22.4. The van der Waals surface area contributed by atoms with Crippen molar-refractivity contribution in [2.75, 3.05) is 11.9 Å². The fraction of sp³-hybridized carbons (Fsp3) is 0.364. The van der Waals surface area contributed by atoms with Crippen LogP contribution in [0, 0.1) is 18.3 Å². The van der Waals surface area contributed by atoms with Crippen molar-refractivity contribution in [2.24, 2.45) is 11.8 Å². The number of benzene rings is 2. The predicted octanol–water partition coefficient (Wildman–Crippen LogP) is 5.93. The van der Waals surface area contributed by atoms with Crippen LogP contribution < -0.4 is 5.32 Å². The quantitative estimate of drug-likeness (QED) is 0.671. The third-order valence-corrected chi connectivity index (χ3v) is 5.63. The summed E-state index contributed by atoms with van der Waals surface area (Å²) in [6.45, 7) is 5.00. The number of ether oxygens (including phenoxy) is 1. The van der Waals surface area contributed by atoms with Crippen molar-refractivity contribution in [3.8, 4) is 0 Å². The van der Waals surface area contributed by atoms with Crippen LogP contribution in [0.4, 0.5) is 5.69 Å². The Morgan fingerprint density at radius 3 is 2.59 bits per heavy atom. The lowest BCUT2D eigenvalue weighted by Gasteiger charge is -2.33. The first-order valence-electron chi connectivity index (χ1n) is 9.19. The minimum Gasteiger partial charge on any atom is -0.378 e. The van der Waals surface area contributed by atoms with E-state index in [2.05, 4.69) is 25.6 Å². The number of nitrogens with one attached hydrogen (secondary N) is 1. The van der Waals surface area contributed by atoms with Crippen molar-refractivity contribution in [3.05, 3.63) is 70.1 Å². The van der Waals surface area contributed by atoms with E-state index in [4.69, 9.17) is 27.9 Å². The Bertz CT molecular complexity index is 791. The van der Waals surface area contributed by atoms with Crippen molar-refractivity contribution in [1.82, 2.24) is 0 Å². The highest BCUT2D eigenvalue weighted by atomic mass is 35.5. The lowest BCUT2D eigenvalue weighted by Crippen LogP contribution is -2.33. The van der Waals surface area contributed by atoms with Gasteiger partial charge in [-0.25, -0.2) is 0 Å². The van der Waals surface area contributed by atoms with E-state index in [-0.39, 0.29) is 12.0 Å². The van der Waals surface area contributed by atoms with Crippen molar-refractivity contribution in [1.29, 1.82) is 0 Å². The second kappa shape index (κ2) is 9.09. The van der Waals surface area contributed by atoms with E-state index in [1.54, 1.807) is 18.2 Å². The lowest BCUT2D eigenvalue weighted by atomic mass is 9.83. The molecular weight excluding hydrogens is 381 g/mol. The second-order valence-corrected chi connectivity index (χ2v) is 7.72. The predicted molar refractivity (Wildman–Crippen MR) is 110 cm³/mol. The SMILES string of the molecule is CCC1[C]C(Cc2ccc(NC(=O)c3ccc(Cl)c(Cl)c3)cc2)COC1C. The molecule has 1 saturated heterocycles. The Labute approximate surface area is 171 Å². The van der Waals surface area contributed by atoms with Gasteiger partial charge in [-0.1, -0.05) is 48.7 Å². The molecule has 2 aromatic carbocycles. The summed E-state index contributed by atoms with van der Waals surface area (Å²) in [7, 11) is 0. The summed E-state index contributed by atoms with van der Waals surface area (Å²) in [6, 6.07) is 12.7. The molecule has 1 aliphatic heterocycles. The Morgan fingerprint density at radius 1 is 1.19 bits per heavy atom. The molecule has 1 amide bonds. The standard InChI is InChI=1S/C22H23Cl2NO2/c1-3-17-11-16(13-27-14(17)2)10-15-4-7-19(8-5-15)25-22(26)18-6-9-20(23)21(24)12-18/h4-9,12,14,16-17H,3,10,13H2,1-2H3,(H,25,26). The minimum atomic E-state index is -0.219. The Hall–Kier alpha value is -1.55. The van der Waals surface area contributed by atoms with Crippen LogP contribution in [0.5, 0.6) is 0 Å². The molecule has 1 N–H and O–H groups in total. The molecule has 142 valence electrons. The van der Waals surface area contributed by atoms with Crippen LogP contribution in [0.25, 0.3) is 0 Å². The van der Waals surface area contributed by atoms with Crippen molar-refractivity contribution < 1.29 is 9.53 Å². The average molecular weight is 404 g/mol. The zero-order valence-electron chi connectivity index (χ0n) is 15.5. The van der Waals surface area contributed by atoms with E-state index in [1.165, 1.54) is 5.56 Å². The van der Waals surface area contributed by atoms with Gasteiger partial charge in [-0.05, 0) is 67.5 Å². The number of halogens is 2. The van der Waals surface area contributed by atoms with Gasteiger partial charge in [0.1, 0.15) is 0 Å². The Morgan fingerprint density at radius 2 is 1.93 bits per heavy atom. The van der Waals surface area contributed by atoms with Crippen LogP contribution in [0.3, 0.4) is 0 Å². The van der Waals surface area contributed by atoms with E-state index in [9.17, 15) is 4.79 Å². The molecule has 3 rings (SSSR count). The summed E-state index contributed by atoms with van der Waals surface area (Å²) in [5, 5.41) is 3.67. The maximum Gasteiger partial charge on any atom is 0.255 e. The molecule has 0 spiro atoms. The van der Waals surface area contributed by atoms with Crippen LogP contribution in [0.2, 0.25) is 10.0 Å². The van der Waals surface area contributed by atoms with E-state index in [1.807, 2.05) is 24.3 Å². The molecule has 27 heavy (non-hydrogen) atoms. The molecule has 2 radical (unpaired) electrons. The summed E-state index contributed by atoms with van der Waals surface area (Å²) in [5.74, 6) is 0.486. The van der Waals surface area contributed by atoms with E-state index in [0.29, 0.717) is 34.1 Å². The van der Waals surface area contributed by atoms with Crippen LogP contribution in [-0.2, 0) is 11.2 Å². The lowest BCUT2D eigenvalue weighted by molar-refractivity contribution is -0.0174. The van der Waals surface area contributed by atoms with Gasteiger partial charge < -0.3 is 10.1 Å². The molecule has 5 heteroatoms. The summed E-state index contributed by atoms with van der Waals surface area (Å²) in [4.78, 5) is 12.3. The molecule has 0 aliphatic carbocycles.